The Bertz CT molecular complexity index is 507. The van der Waals surface area contributed by atoms with Gasteiger partial charge < -0.3 is 10.3 Å². The Kier molecular flexibility index (Phi) is 4.55. The van der Waals surface area contributed by atoms with Gasteiger partial charge in [-0.25, -0.2) is 4.39 Å². The van der Waals surface area contributed by atoms with Gasteiger partial charge in [-0.2, -0.15) is 11.8 Å². The summed E-state index contributed by atoms with van der Waals surface area (Å²) in [6, 6.07) is 4.41. The molecule has 0 spiro atoms. The number of nitrogen functional groups attached to an aromatic ring is 1. The van der Waals surface area contributed by atoms with Crippen LogP contribution in [0.3, 0.4) is 0 Å². The van der Waals surface area contributed by atoms with Crippen molar-refractivity contribution in [1.82, 2.24) is 4.90 Å². The molecule has 20 heavy (non-hydrogen) atoms. The summed E-state index contributed by atoms with van der Waals surface area (Å²) in [5, 5.41) is 0. The Morgan fingerprint density at radius 2 is 2.20 bits per heavy atom. The Morgan fingerprint density at radius 3 is 2.90 bits per heavy atom. The van der Waals surface area contributed by atoms with Crippen molar-refractivity contribution < 1.29 is 9.18 Å². The maximum Gasteiger partial charge on any atom is 0.256 e. The van der Waals surface area contributed by atoms with Crippen LogP contribution in [0, 0.1) is 5.82 Å². The number of thioether (sulfide) groups is 1. The Balaban J connectivity index is 2.21. The first kappa shape index (κ1) is 15.1. The van der Waals surface area contributed by atoms with E-state index in [2.05, 4.69) is 19.3 Å². The number of halogens is 1. The third kappa shape index (κ3) is 3.24. The average molecular weight is 297 g/mol. The molecular weight excluding hydrogens is 277 g/mol. The second-order valence-corrected chi connectivity index (χ2v) is 7.26. The summed E-state index contributed by atoms with van der Waals surface area (Å²) in [6.45, 7) is 5.72. The molecule has 1 fully saturated rings. The van der Waals surface area contributed by atoms with Gasteiger partial charge in [0, 0.05) is 23.6 Å². The minimum atomic E-state index is -0.511. The Hall–Kier alpha value is -1.27. The molecule has 1 aromatic carbocycles. The van der Waals surface area contributed by atoms with Crippen LogP contribution < -0.4 is 11.3 Å². The lowest BCUT2D eigenvalue weighted by atomic mass is 10.1. The van der Waals surface area contributed by atoms with Crippen molar-refractivity contribution in [3.63, 3.8) is 0 Å². The molecule has 0 radical (unpaired) electrons. The topological polar surface area (TPSA) is 58.4 Å². The van der Waals surface area contributed by atoms with Gasteiger partial charge in [0.15, 0.2) is 0 Å². The van der Waals surface area contributed by atoms with E-state index in [-0.39, 0.29) is 21.9 Å². The van der Waals surface area contributed by atoms with Crippen LogP contribution in [0.4, 0.5) is 10.1 Å². The number of carbonyl (C=O) groups is 1. The van der Waals surface area contributed by atoms with E-state index in [0.717, 1.165) is 12.2 Å². The SMILES string of the molecule is CC1(C)CCN(C(=O)c2cccc(F)c2NN)CCS1. The third-order valence-electron chi connectivity index (χ3n) is 3.51. The van der Waals surface area contributed by atoms with E-state index in [1.807, 2.05) is 11.8 Å². The van der Waals surface area contributed by atoms with Crippen molar-refractivity contribution in [3.05, 3.63) is 29.6 Å². The van der Waals surface area contributed by atoms with Crippen molar-refractivity contribution in [1.29, 1.82) is 0 Å². The molecule has 0 bridgehead atoms. The van der Waals surface area contributed by atoms with E-state index >= 15 is 0 Å². The molecule has 6 heteroatoms. The maximum atomic E-state index is 13.7. The molecule has 110 valence electrons. The van der Waals surface area contributed by atoms with Gasteiger partial charge in [-0.05, 0) is 18.6 Å². The first-order chi connectivity index (χ1) is 9.44. The molecule has 1 heterocycles. The fourth-order valence-electron chi connectivity index (χ4n) is 2.24. The number of carbonyl (C=O) groups excluding carboxylic acids is 1. The normalized spacial score (nSPS) is 18.5. The summed E-state index contributed by atoms with van der Waals surface area (Å²) >= 11 is 1.86. The fraction of sp³-hybridized carbons (Fsp3) is 0.500. The molecule has 1 amide bonds. The van der Waals surface area contributed by atoms with Crippen LogP contribution in [-0.2, 0) is 0 Å². The predicted molar refractivity (Wildman–Crippen MR) is 81.3 cm³/mol. The highest BCUT2D eigenvalue weighted by molar-refractivity contribution is 8.00. The van der Waals surface area contributed by atoms with Gasteiger partial charge in [-0.15, -0.1) is 0 Å². The van der Waals surface area contributed by atoms with Gasteiger partial charge in [-0.1, -0.05) is 19.9 Å². The van der Waals surface area contributed by atoms with Crippen LogP contribution in [0.5, 0.6) is 0 Å². The average Bonchev–Trinajstić information content (AvgIpc) is 2.58. The van der Waals surface area contributed by atoms with Crippen LogP contribution in [0.1, 0.15) is 30.6 Å². The lowest BCUT2D eigenvalue weighted by Gasteiger charge is -2.23. The highest BCUT2D eigenvalue weighted by Gasteiger charge is 2.27. The minimum Gasteiger partial charge on any atom is -0.338 e. The van der Waals surface area contributed by atoms with Gasteiger partial charge in [-0.3, -0.25) is 10.6 Å². The molecular formula is C14H20FN3OS. The summed E-state index contributed by atoms with van der Waals surface area (Å²) in [6.07, 6.45) is 0.921. The number of para-hydroxylation sites is 1. The first-order valence-corrected chi connectivity index (χ1v) is 7.61. The van der Waals surface area contributed by atoms with Crippen LogP contribution in [0.15, 0.2) is 18.2 Å². The fourth-order valence-corrected chi connectivity index (χ4v) is 3.34. The number of amides is 1. The van der Waals surface area contributed by atoms with E-state index in [4.69, 9.17) is 5.84 Å². The van der Waals surface area contributed by atoms with E-state index < -0.39 is 5.82 Å². The molecule has 1 aromatic rings. The number of anilines is 1. The van der Waals surface area contributed by atoms with Crippen LogP contribution in [0.2, 0.25) is 0 Å². The maximum absolute atomic E-state index is 13.7. The van der Waals surface area contributed by atoms with Gasteiger partial charge in [0.2, 0.25) is 0 Å². The molecule has 0 atom stereocenters. The second-order valence-electron chi connectivity index (χ2n) is 5.46. The number of nitrogens with two attached hydrogens (primary N) is 1. The number of nitrogens with one attached hydrogen (secondary N) is 1. The number of nitrogens with zero attached hydrogens (tertiary/aromatic N) is 1. The molecule has 0 saturated carbocycles. The van der Waals surface area contributed by atoms with Crippen LogP contribution in [0.25, 0.3) is 0 Å². The lowest BCUT2D eigenvalue weighted by Crippen LogP contribution is -2.34. The zero-order valence-corrected chi connectivity index (χ0v) is 12.6. The Labute approximate surface area is 122 Å². The zero-order valence-electron chi connectivity index (χ0n) is 11.8. The highest BCUT2D eigenvalue weighted by Crippen LogP contribution is 2.31. The smallest absolute Gasteiger partial charge is 0.256 e. The first-order valence-electron chi connectivity index (χ1n) is 6.63. The molecule has 0 aromatic heterocycles. The number of hydrogen-bond donors (Lipinski definition) is 2. The molecule has 1 aliphatic rings. The van der Waals surface area contributed by atoms with Gasteiger partial charge in [0.25, 0.3) is 5.91 Å². The summed E-state index contributed by atoms with van der Waals surface area (Å²) in [5.41, 5.74) is 2.64. The summed E-state index contributed by atoms with van der Waals surface area (Å²) < 4.78 is 13.8. The molecule has 0 unspecified atom stereocenters. The van der Waals surface area contributed by atoms with Crippen LogP contribution in [-0.4, -0.2) is 34.4 Å². The minimum absolute atomic E-state index is 0.0636. The summed E-state index contributed by atoms with van der Waals surface area (Å²) in [4.78, 5) is 14.3. The quantitative estimate of drug-likeness (QED) is 0.650. The molecule has 1 saturated heterocycles. The summed E-state index contributed by atoms with van der Waals surface area (Å²) in [5.74, 6) is 5.53. The molecule has 0 aliphatic carbocycles. The Morgan fingerprint density at radius 1 is 1.45 bits per heavy atom. The van der Waals surface area contributed by atoms with Crippen molar-refractivity contribution in [3.8, 4) is 0 Å². The molecule has 3 N–H and O–H groups in total. The lowest BCUT2D eigenvalue weighted by molar-refractivity contribution is 0.0765. The second kappa shape index (κ2) is 6.01. The van der Waals surface area contributed by atoms with Gasteiger partial charge in [0.1, 0.15) is 5.82 Å². The van der Waals surface area contributed by atoms with Crippen molar-refractivity contribution in [2.45, 2.75) is 25.0 Å². The molecule has 4 nitrogen and oxygen atoms in total. The van der Waals surface area contributed by atoms with E-state index in [1.165, 1.54) is 12.1 Å². The summed E-state index contributed by atoms with van der Waals surface area (Å²) in [7, 11) is 0. The van der Waals surface area contributed by atoms with Crippen molar-refractivity contribution >= 4 is 23.4 Å². The van der Waals surface area contributed by atoms with Gasteiger partial charge in [0.05, 0.1) is 11.3 Å². The third-order valence-corrected chi connectivity index (χ3v) is 4.89. The zero-order chi connectivity index (χ0) is 14.8. The monoisotopic (exact) mass is 297 g/mol. The predicted octanol–water partition coefficient (Wildman–Crippen LogP) is 2.47. The molecule has 2 rings (SSSR count). The van der Waals surface area contributed by atoms with Crippen LogP contribution >= 0.6 is 11.8 Å². The number of hydrogen-bond acceptors (Lipinski definition) is 4. The number of hydrazine groups is 1. The van der Waals surface area contributed by atoms with Crippen molar-refractivity contribution in [2.24, 2.45) is 5.84 Å². The standard InChI is InChI=1S/C14H20FN3OS/c1-14(2)6-7-18(8-9-20-14)13(19)10-4-3-5-11(15)12(10)17-16/h3-5,17H,6-9,16H2,1-2H3. The van der Waals surface area contributed by atoms with Gasteiger partial charge >= 0.3 is 0 Å². The highest BCUT2D eigenvalue weighted by atomic mass is 32.2. The largest absolute Gasteiger partial charge is 0.338 e. The number of benzene rings is 1. The number of rotatable bonds is 2. The van der Waals surface area contributed by atoms with E-state index in [0.29, 0.717) is 13.1 Å². The van der Waals surface area contributed by atoms with Crippen molar-refractivity contribution in [2.75, 3.05) is 24.3 Å². The van der Waals surface area contributed by atoms with E-state index in [1.54, 1.807) is 11.0 Å². The van der Waals surface area contributed by atoms with E-state index in [9.17, 15) is 9.18 Å². The molecule has 1 aliphatic heterocycles.